The van der Waals surface area contributed by atoms with Crippen LogP contribution >= 0.6 is 11.3 Å². The fourth-order valence-electron chi connectivity index (χ4n) is 14.7. The number of benzene rings is 9. The summed E-state index contributed by atoms with van der Waals surface area (Å²) in [6, 6.07) is 71.5. The van der Waals surface area contributed by atoms with Crippen LogP contribution in [0.3, 0.4) is 0 Å². The van der Waals surface area contributed by atoms with Gasteiger partial charge in [-0.1, -0.05) is 208 Å². The smallest absolute Gasteiger partial charge is 0.252 e. The van der Waals surface area contributed by atoms with E-state index in [2.05, 4.69) is 319 Å². The van der Waals surface area contributed by atoms with Gasteiger partial charge < -0.3 is 19.3 Å². The van der Waals surface area contributed by atoms with Crippen LogP contribution in [0.15, 0.2) is 182 Å². The average molecular weight is 1160 g/mol. The van der Waals surface area contributed by atoms with Gasteiger partial charge in [-0.05, 0) is 193 Å². The van der Waals surface area contributed by atoms with Crippen molar-refractivity contribution in [1.82, 2.24) is 4.57 Å². The third-order valence-corrected chi connectivity index (χ3v) is 21.2. The minimum Gasteiger partial charge on any atom is -0.311 e. The van der Waals surface area contributed by atoms with Gasteiger partial charge in [0.15, 0.2) is 0 Å². The second kappa shape index (κ2) is 19.6. The van der Waals surface area contributed by atoms with Crippen molar-refractivity contribution < 1.29 is 0 Å². The molecule has 1 aliphatic carbocycles. The lowest BCUT2D eigenvalue weighted by Gasteiger charge is -2.45. The third-order valence-electron chi connectivity index (χ3n) is 20.0. The molecule has 14 rings (SSSR count). The van der Waals surface area contributed by atoms with E-state index in [1.54, 1.807) is 0 Å². The quantitative estimate of drug-likeness (QED) is 0.148. The summed E-state index contributed by atoms with van der Waals surface area (Å²) in [6.45, 7) is 39.9. The van der Waals surface area contributed by atoms with Crippen LogP contribution in [-0.4, -0.2) is 11.3 Å². The summed E-state index contributed by atoms with van der Waals surface area (Å²) in [5, 5.41) is 2.61. The normalized spacial score (nSPS) is 15.2. The van der Waals surface area contributed by atoms with Gasteiger partial charge in [0.2, 0.25) is 0 Å². The van der Waals surface area contributed by atoms with E-state index in [9.17, 15) is 0 Å². The fraction of sp³-hybridized carbons (Fsp3) is 0.309. The molecule has 4 heterocycles. The summed E-state index contributed by atoms with van der Waals surface area (Å²) >= 11 is 1.93. The molecule has 11 aromatic rings. The van der Waals surface area contributed by atoms with Crippen LogP contribution in [0, 0.1) is 6.92 Å². The van der Waals surface area contributed by atoms with Gasteiger partial charge in [0.25, 0.3) is 6.71 Å². The number of nitrogens with zero attached hydrogens (tertiary/aromatic N) is 4. The highest BCUT2D eigenvalue weighted by molar-refractivity contribution is 7.26. The Morgan fingerprint density at radius 2 is 0.839 bits per heavy atom. The molecule has 2 aliphatic heterocycles. The van der Waals surface area contributed by atoms with Gasteiger partial charge in [0, 0.05) is 66.7 Å². The highest BCUT2D eigenvalue weighted by atomic mass is 32.1. The van der Waals surface area contributed by atoms with Crippen molar-refractivity contribution in [2.75, 3.05) is 14.7 Å². The van der Waals surface area contributed by atoms with Gasteiger partial charge in [-0.15, -0.1) is 11.3 Å². The van der Waals surface area contributed by atoms with E-state index in [4.69, 9.17) is 0 Å². The first-order valence-electron chi connectivity index (χ1n) is 31.8. The summed E-state index contributed by atoms with van der Waals surface area (Å²) in [5.41, 5.74) is 27.7. The van der Waals surface area contributed by atoms with E-state index in [0.717, 1.165) is 47.0 Å². The topological polar surface area (TPSA) is 14.7 Å². The Labute approximate surface area is 522 Å². The number of hydrogen-bond acceptors (Lipinski definition) is 4. The van der Waals surface area contributed by atoms with Crippen molar-refractivity contribution in [3.05, 3.63) is 221 Å². The van der Waals surface area contributed by atoms with Gasteiger partial charge >= 0.3 is 0 Å². The maximum Gasteiger partial charge on any atom is 0.252 e. The molecule has 0 amide bonds. The van der Waals surface area contributed by atoms with E-state index >= 15 is 0 Å². The molecule has 87 heavy (non-hydrogen) atoms. The predicted octanol–water partition coefficient (Wildman–Crippen LogP) is 21.4. The Bertz CT molecular complexity index is 4430. The zero-order valence-electron chi connectivity index (χ0n) is 54.5. The number of aromatic nitrogens is 1. The van der Waals surface area contributed by atoms with E-state index in [1.807, 2.05) is 11.3 Å². The number of para-hydroxylation sites is 1. The molecule has 9 aromatic carbocycles. The molecule has 6 heteroatoms. The van der Waals surface area contributed by atoms with Crippen LogP contribution in [0.25, 0.3) is 36.9 Å². The average Bonchev–Trinajstić information content (AvgIpc) is 1.64. The van der Waals surface area contributed by atoms with Crippen molar-refractivity contribution in [3.8, 4) is 5.69 Å². The highest BCUT2D eigenvalue weighted by Gasteiger charge is 2.45. The largest absolute Gasteiger partial charge is 0.311 e. The van der Waals surface area contributed by atoms with Gasteiger partial charge in [-0.2, -0.15) is 0 Å². The van der Waals surface area contributed by atoms with E-state index in [1.165, 1.54) is 109 Å². The Kier molecular flexibility index (Phi) is 12.8. The molecule has 2 aromatic heterocycles. The van der Waals surface area contributed by atoms with Crippen molar-refractivity contribution in [1.29, 1.82) is 0 Å². The van der Waals surface area contributed by atoms with Gasteiger partial charge in [-0.3, -0.25) is 0 Å². The molecule has 0 saturated heterocycles. The number of rotatable bonds is 7. The number of aryl methyl sites for hydroxylation is 1. The highest BCUT2D eigenvalue weighted by Crippen LogP contribution is 2.53. The first-order valence-corrected chi connectivity index (χ1v) is 32.6. The second-order valence-electron chi connectivity index (χ2n) is 31.1. The molecule has 0 saturated carbocycles. The molecule has 3 aliphatic rings. The molecule has 438 valence electrons. The number of anilines is 9. The molecule has 0 spiro atoms. The molecule has 0 radical (unpaired) electrons. The summed E-state index contributed by atoms with van der Waals surface area (Å²) < 4.78 is 5.34. The first-order chi connectivity index (χ1) is 41.1. The lowest BCUT2D eigenvalue weighted by atomic mass is 9.33. The van der Waals surface area contributed by atoms with Crippen molar-refractivity contribution >= 4 is 117 Å². The van der Waals surface area contributed by atoms with Crippen LogP contribution in [0.5, 0.6) is 0 Å². The van der Waals surface area contributed by atoms with Gasteiger partial charge in [0.05, 0.1) is 21.4 Å². The van der Waals surface area contributed by atoms with Crippen molar-refractivity contribution in [2.45, 2.75) is 163 Å². The summed E-state index contributed by atoms with van der Waals surface area (Å²) in [6.07, 6.45) is 2.28. The Morgan fingerprint density at radius 3 is 1.34 bits per heavy atom. The lowest BCUT2D eigenvalue weighted by molar-refractivity contribution is 0.332. The predicted molar refractivity (Wildman–Crippen MR) is 380 cm³/mol. The third kappa shape index (κ3) is 9.28. The number of hydrogen-bond donors (Lipinski definition) is 0. The first kappa shape index (κ1) is 57.0. The molecule has 4 nitrogen and oxygen atoms in total. The Morgan fingerprint density at radius 1 is 0.402 bits per heavy atom. The molecular weight excluding hydrogens is 1070 g/mol. The van der Waals surface area contributed by atoms with Crippen LogP contribution in [0.4, 0.5) is 51.2 Å². The summed E-state index contributed by atoms with van der Waals surface area (Å²) in [7, 11) is 0. The number of thiophene rings is 1. The molecule has 0 N–H and O–H groups in total. The van der Waals surface area contributed by atoms with Crippen molar-refractivity contribution in [3.63, 3.8) is 0 Å². The van der Waals surface area contributed by atoms with Crippen LogP contribution in [0.2, 0.25) is 0 Å². The monoisotopic (exact) mass is 1160 g/mol. The molecular formula is C81H85BN4S. The maximum absolute atomic E-state index is 2.72. The molecule has 0 unspecified atom stereocenters. The van der Waals surface area contributed by atoms with E-state index in [-0.39, 0.29) is 39.2 Å². The zero-order valence-corrected chi connectivity index (χ0v) is 55.3. The lowest BCUT2D eigenvalue weighted by Crippen LogP contribution is -2.60. The standard InChI is InChI=1S/C81H85BN4S/c1-50-45-63-64(81(16,17)44-43-80(63,14)15)49-67(50)85-68-46-59(83(55-33-25-51(26-34-55)76(2,3)4)56-35-27-52(28-36-56)77(5,6)7)41-42-65(68)82-66-23-20-22-62-73(66)86(74-61-21-18-19-24-71(61)87-75(62)74)70-48-60(47-69(85)72(70)82)84(57-37-29-53(30-38-57)78(8,9)10)58-39-31-54(32-40-58)79(11,12)13/h18-42,45-49H,43-44H2,1-17H3. The maximum atomic E-state index is 2.72. The van der Waals surface area contributed by atoms with Crippen molar-refractivity contribution in [2.24, 2.45) is 0 Å². The molecule has 0 atom stereocenters. The summed E-state index contributed by atoms with van der Waals surface area (Å²) in [5.74, 6) is 0. The Balaban J connectivity index is 1.12. The Hall–Kier alpha value is -7.80. The van der Waals surface area contributed by atoms with E-state index < -0.39 is 0 Å². The van der Waals surface area contributed by atoms with Crippen LogP contribution < -0.4 is 31.1 Å². The SMILES string of the molecule is Cc1cc2c(cc1N1c3cc(N(c4ccc(C(C)(C)C)cc4)c4ccc(C(C)(C)C)cc4)ccc3B3c4c1cc(N(c1ccc(C(C)(C)C)cc1)c1ccc(C(C)(C)C)cc1)cc4-n1c4c3cccc4c3sc4ccccc4c31)C(C)(C)CCC2(C)C. The fourth-order valence-corrected chi connectivity index (χ4v) is 15.9. The van der Waals surface area contributed by atoms with E-state index in [0.29, 0.717) is 0 Å². The number of fused-ring (bicyclic) bond motifs is 10. The minimum absolute atomic E-state index is 0.00478. The van der Waals surface area contributed by atoms with Gasteiger partial charge in [-0.25, -0.2) is 0 Å². The summed E-state index contributed by atoms with van der Waals surface area (Å²) in [4.78, 5) is 7.75. The minimum atomic E-state index is -0.0692. The molecule has 0 bridgehead atoms. The van der Waals surface area contributed by atoms with Gasteiger partial charge in [0.1, 0.15) is 0 Å². The molecule has 0 fully saturated rings. The van der Waals surface area contributed by atoms with Crippen LogP contribution in [-0.2, 0) is 32.5 Å². The zero-order chi connectivity index (χ0) is 61.2. The second-order valence-corrected chi connectivity index (χ2v) is 32.1. The van der Waals surface area contributed by atoms with Crippen LogP contribution in [0.1, 0.15) is 163 Å².